The number of ether oxygens (including phenoxy) is 3. The molecule has 1 heterocycles. The van der Waals surface area contributed by atoms with E-state index < -0.39 is 5.54 Å². The number of amides is 1. The Morgan fingerprint density at radius 1 is 1.07 bits per heavy atom. The maximum Gasteiger partial charge on any atom is 0.240 e. The van der Waals surface area contributed by atoms with E-state index in [0.29, 0.717) is 32.6 Å². The standard InChI is InChI=1S/C21H32N2O4.ClH/c1-25-17-7-6-16(14-18(17)26-2)20(8-4-3-5-9-20)15-23-19(24)21(22)10-12-27-13-11-21;/h6-7,14H,3-5,8-13,15,22H2,1-2H3,(H,23,24);1H. The average Bonchev–Trinajstić information content (AvgIpc) is 2.72. The molecule has 3 N–H and O–H groups in total. The number of methoxy groups -OCH3 is 2. The lowest BCUT2D eigenvalue weighted by Gasteiger charge is -2.40. The van der Waals surface area contributed by atoms with Crippen LogP contribution in [-0.2, 0) is 14.9 Å². The Morgan fingerprint density at radius 2 is 1.71 bits per heavy atom. The summed E-state index contributed by atoms with van der Waals surface area (Å²) in [6, 6.07) is 6.11. The SMILES string of the molecule is COc1ccc(C2(CNC(=O)C3(N)CCOCC3)CCCCC2)cc1OC.Cl. The van der Waals surface area contributed by atoms with E-state index in [4.69, 9.17) is 19.9 Å². The Bertz CT molecular complexity index is 656. The van der Waals surface area contributed by atoms with Crippen LogP contribution in [0.3, 0.4) is 0 Å². The summed E-state index contributed by atoms with van der Waals surface area (Å²) < 4.78 is 16.2. The van der Waals surface area contributed by atoms with Crippen molar-refractivity contribution in [2.45, 2.75) is 55.9 Å². The molecule has 0 bridgehead atoms. The molecule has 0 atom stereocenters. The summed E-state index contributed by atoms with van der Waals surface area (Å²) in [5, 5.41) is 3.18. The van der Waals surface area contributed by atoms with Gasteiger partial charge in [-0.3, -0.25) is 4.79 Å². The summed E-state index contributed by atoms with van der Waals surface area (Å²) in [7, 11) is 3.29. The van der Waals surface area contributed by atoms with Gasteiger partial charge in [0, 0.05) is 25.2 Å². The molecule has 1 aliphatic heterocycles. The highest BCUT2D eigenvalue weighted by molar-refractivity contribution is 5.86. The second-order valence-corrected chi connectivity index (χ2v) is 7.86. The van der Waals surface area contributed by atoms with E-state index in [1.54, 1.807) is 14.2 Å². The molecule has 1 saturated carbocycles. The Labute approximate surface area is 173 Å². The normalized spacial score (nSPS) is 20.5. The molecule has 3 rings (SSSR count). The number of rotatable bonds is 6. The molecule has 0 unspecified atom stereocenters. The van der Waals surface area contributed by atoms with E-state index in [2.05, 4.69) is 17.4 Å². The lowest BCUT2D eigenvalue weighted by Crippen LogP contribution is -2.58. The Morgan fingerprint density at radius 3 is 2.32 bits per heavy atom. The molecule has 1 amide bonds. The number of nitrogens with one attached hydrogen (secondary N) is 1. The van der Waals surface area contributed by atoms with E-state index in [-0.39, 0.29) is 23.7 Å². The fourth-order valence-electron chi connectivity index (χ4n) is 4.35. The number of nitrogens with two attached hydrogens (primary N) is 1. The first-order valence-corrected chi connectivity index (χ1v) is 9.90. The molecule has 1 saturated heterocycles. The van der Waals surface area contributed by atoms with Crippen molar-refractivity contribution in [2.75, 3.05) is 34.0 Å². The van der Waals surface area contributed by atoms with Crippen LogP contribution in [0.15, 0.2) is 18.2 Å². The fraction of sp³-hybridized carbons (Fsp3) is 0.667. The van der Waals surface area contributed by atoms with Gasteiger partial charge in [0.15, 0.2) is 11.5 Å². The number of hydrogen-bond donors (Lipinski definition) is 2. The third-order valence-electron chi connectivity index (χ3n) is 6.23. The van der Waals surface area contributed by atoms with Gasteiger partial charge in [0.1, 0.15) is 0 Å². The Hall–Kier alpha value is -1.50. The minimum absolute atomic E-state index is 0. The van der Waals surface area contributed by atoms with E-state index in [0.717, 1.165) is 37.2 Å². The van der Waals surface area contributed by atoms with Crippen molar-refractivity contribution in [1.82, 2.24) is 5.32 Å². The quantitative estimate of drug-likeness (QED) is 0.750. The number of carbonyl (C=O) groups is 1. The second kappa shape index (κ2) is 9.81. The monoisotopic (exact) mass is 412 g/mol. The highest BCUT2D eigenvalue weighted by atomic mass is 35.5. The van der Waals surface area contributed by atoms with E-state index in [1.165, 1.54) is 12.0 Å². The molecule has 1 aliphatic carbocycles. The zero-order valence-corrected chi connectivity index (χ0v) is 17.7. The van der Waals surface area contributed by atoms with Crippen LogP contribution in [0.1, 0.15) is 50.5 Å². The van der Waals surface area contributed by atoms with Gasteiger partial charge in [-0.1, -0.05) is 25.3 Å². The topological polar surface area (TPSA) is 82.8 Å². The second-order valence-electron chi connectivity index (χ2n) is 7.86. The van der Waals surface area contributed by atoms with Crippen molar-refractivity contribution >= 4 is 18.3 Å². The van der Waals surface area contributed by atoms with Crippen molar-refractivity contribution in [3.05, 3.63) is 23.8 Å². The lowest BCUT2D eigenvalue weighted by molar-refractivity contribution is -0.130. The van der Waals surface area contributed by atoms with Gasteiger partial charge >= 0.3 is 0 Å². The van der Waals surface area contributed by atoms with Gasteiger partial charge in [-0.05, 0) is 43.4 Å². The van der Waals surface area contributed by atoms with Gasteiger partial charge in [-0.2, -0.15) is 0 Å². The van der Waals surface area contributed by atoms with Crippen molar-refractivity contribution < 1.29 is 19.0 Å². The van der Waals surface area contributed by atoms with Crippen molar-refractivity contribution in [1.29, 1.82) is 0 Å². The molecule has 2 fully saturated rings. The summed E-state index contributed by atoms with van der Waals surface area (Å²) in [6.07, 6.45) is 6.79. The van der Waals surface area contributed by atoms with E-state index >= 15 is 0 Å². The predicted octanol–water partition coefficient (Wildman–Crippen LogP) is 2.95. The molecule has 1 aromatic carbocycles. The third-order valence-corrected chi connectivity index (χ3v) is 6.23. The smallest absolute Gasteiger partial charge is 0.240 e. The first kappa shape index (κ1) is 22.8. The Kier molecular flexibility index (Phi) is 7.98. The Balaban J connectivity index is 0.00000280. The van der Waals surface area contributed by atoms with Gasteiger partial charge in [0.2, 0.25) is 5.91 Å². The molecule has 0 aromatic heterocycles. The average molecular weight is 413 g/mol. The number of carbonyl (C=O) groups excluding carboxylic acids is 1. The third kappa shape index (κ3) is 4.73. The first-order valence-electron chi connectivity index (χ1n) is 9.90. The zero-order chi connectivity index (χ0) is 19.3. The van der Waals surface area contributed by atoms with E-state index in [1.807, 2.05) is 6.07 Å². The van der Waals surface area contributed by atoms with Crippen LogP contribution < -0.4 is 20.5 Å². The minimum atomic E-state index is -0.814. The van der Waals surface area contributed by atoms with Crippen molar-refractivity contribution in [3.63, 3.8) is 0 Å². The van der Waals surface area contributed by atoms with Gasteiger partial charge in [-0.25, -0.2) is 0 Å². The summed E-state index contributed by atoms with van der Waals surface area (Å²) >= 11 is 0. The highest BCUT2D eigenvalue weighted by Gasteiger charge is 2.39. The lowest BCUT2D eigenvalue weighted by atomic mass is 9.69. The molecule has 6 nitrogen and oxygen atoms in total. The molecule has 158 valence electrons. The number of hydrogen-bond acceptors (Lipinski definition) is 5. The molecular weight excluding hydrogens is 380 g/mol. The fourth-order valence-corrected chi connectivity index (χ4v) is 4.35. The zero-order valence-electron chi connectivity index (χ0n) is 16.9. The van der Waals surface area contributed by atoms with Crippen LogP contribution in [0.4, 0.5) is 0 Å². The van der Waals surface area contributed by atoms with Gasteiger partial charge in [0.05, 0.1) is 19.8 Å². The highest BCUT2D eigenvalue weighted by Crippen LogP contribution is 2.42. The maximum atomic E-state index is 12.8. The largest absolute Gasteiger partial charge is 0.493 e. The van der Waals surface area contributed by atoms with Crippen LogP contribution in [0.2, 0.25) is 0 Å². The van der Waals surface area contributed by atoms with Gasteiger partial charge in [-0.15, -0.1) is 12.4 Å². The van der Waals surface area contributed by atoms with Crippen molar-refractivity contribution in [2.24, 2.45) is 5.73 Å². The molecule has 28 heavy (non-hydrogen) atoms. The minimum Gasteiger partial charge on any atom is -0.493 e. The van der Waals surface area contributed by atoms with Crippen LogP contribution >= 0.6 is 12.4 Å². The molecule has 0 spiro atoms. The van der Waals surface area contributed by atoms with Crippen LogP contribution in [-0.4, -0.2) is 45.4 Å². The number of halogens is 1. The molecule has 7 heteroatoms. The molecule has 1 aromatic rings. The summed E-state index contributed by atoms with van der Waals surface area (Å²) in [5.41, 5.74) is 6.65. The van der Waals surface area contributed by atoms with Gasteiger partial charge < -0.3 is 25.3 Å². The van der Waals surface area contributed by atoms with Crippen LogP contribution in [0.25, 0.3) is 0 Å². The van der Waals surface area contributed by atoms with E-state index in [9.17, 15) is 4.79 Å². The van der Waals surface area contributed by atoms with Gasteiger partial charge in [0.25, 0.3) is 0 Å². The van der Waals surface area contributed by atoms with Crippen LogP contribution in [0, 0.1) is 0 Å². The molecule has 2 aliphatic rings. The predicted molar refractivity (Wildman–Crippen MR) is 112 cm³/mol. The van der Waals surface area contributed by atoms with Crippen molar-refractivity contribution in [3.8, 4) is 11.5 Å². The molecule has 0 radical (unpaired) electrons. The first-order chi connectivity index (χ1) is 13.0. The maximum absolute atomic E-state index is 12.8. The summed E-state index contributed by atoms with van der Waals surface area (Å²) in [6.45, 7) is 1.69. The van der Waals surface area contributed by atoms with Crippen LogP contribution in [0.5, 0.6) is 11.5 Å². The molecular formula is C21H33ClN2O4. The number of benzene rings is 1. The summed E-state index contributed by atoms with van der Waals surface area (Å²) in [4.78, 5) is 12.8. The summed E-state index contributed by atoms with van der Waals surface area (Å²) in [5.74, 6) is 1.39.